The molecular weight excluding hydrogens is 284 g/mol. The van der Waals surface area contributed by atoms with Gasteiger partial charge in [0.1, 0.15) is 5.78 Å². The van der Waals surface area contributed by atoms with Crippen molar-refractivity contribution in [2.75, 3.05) is 0 Å². The molecule has 118 valence electrons. The first-order valence-electron chi connectivity index (χ1n) is 8.12. The Morgan fingerprint density at radius 3 is 2.52 bits per heavy atom. The van der Waals surface area contributed by atoms with Gasteiger partial charge in [0.15, 0.2) is 0 Å². The number of nitrogens with two attached hydrogens (primary N) is 1. The van der Waals surface area contributed by atoms with Crippen molar-refractivity contribution in [3.05, 3.63) is 60.7 Å². The third kappa shape index (κ3) is 3.20. The van der Waals surface area contributed by atoms with Crippen LogP contribution in [0.25, 0.3) is 22.2 Å². The number of aryl methyl sites for hydroxylation is 1. The Kier molecular flexibility index (Phi) is 4.58. The number of hydrogen-bond donors (Lipinski definition) is 1. The van der Waals surface area contributed by atoms with Crippen LogP contribution in [0.5, 0.6) is 0 Å². The lowest BCUT2D eigenvalue weighted by molar-refractivity contribution is -0.120. The van der Waals surface area contributed by atoms with E-state index in [-0.39, 0.29) is 11.8 Å². The number of benzene rings is 2. The minimum absolute atomic E-state index is 0.128. The molecule has 0 amide bonds. The molecule has 2 aromatic carbocycles. The van der Waals surface area contributed by atoms with Gasteiger partial charge in [0.05, 0.1) is 6.04 Å². The summed E-state index contributed by atoms with van der Waals surface area (Å²) in [7, 11) is 0. The fourth-order valence-electron chi connectivity index (χ4n) is 2.99. The molecule has 3 heteroatoms. The molecule has 0 aliphatic carbocycles. The van der Waals surface area contributed by atoms with Crippen LogP contribution in [0.15, 0.2) is 60.7 Å². The van der Waals surface area contributed by atoms with Crippen molar-refractivity contribution in [1.29, 1.82) is 0 Å². The molecule has 1 unspecified atom stereocenters. The average molecular weight is 306 g/mol. The number of fused-ring (bicyclic) bond motifs is 1. The van der Waals surface area contributed by atoms with Gasteiger partial charge in [-0.2, -0.15) is 0 Å². The van der Waals surface area contributed by atoms with Crippen molar-refractivity contribution in [1.82, 2.24) is 4.57 Å². The summed E-state index contributed by atoms with van der Waals surface area (Å²) in [5.74, 6) is 0.128. The van der Waals surface area contributed by atoms with Crippen LogP contribution in [0, 0.1) is 0 Å². The standard InChI is InChI=1S/C20H22N2O/c1-2-20(23)17(21)12-13-22-18-11-7-6-10-16(18)14-19(22)15-8-4-3-5-9-15/h3-11,14,17H,2,12-13,21H2,1H3. The molecule has 1 atom stereocenters. The van der Waals surface area contributed by atoms with E-state index >= 15 is 0 Å². The van der Waals surface area contributed by atoms with Crippen molar-refractivity contribution in [3.8, 4) is 11.3 Å². The van der Waals surface area contributed by atoms with Crippen LogP contribution in [-0.2, 0) is 11.3 Å². The molecule has 0 aliphatic rings. The Hall–Kier alpha value is -2.39. The van der Waals surface area contributed by atoms with E-state index in [0.29, 0.717) is 12.8 Å². The monoisotopic (exact) mass is 306 g/mol. The van der Waals surface area contributed by atoms with Gasteiger partial charge in [0.2, 0.25) is 0 Å². The van der Waals surface area contributed by atoms with Crippen LogP contribution in [0.4, 0.5) is 0 Å². The predicted octanol–water partition coefficient (Wildman–Crippen LogP) is 4.00. The van der Waals surface area contributed by atoms with Crippen molar-refractivity contribution >= 4 is 16.7 Å². The molecule has 0 aliphatic heterocycles. The molecule has 2 N–H and O–H groups in total. The Morgan fingerprint density at radius 2 is 1.78 bits per heavy atom. The summed E-state index contributed by atoms with van der Waals surface area (Å²) in [6.45, 7) is 2.60. The smallest absolute Gasteiger partial charge is 0.149 e. The van der Waals surface area contributed by atoms with Crippen LogP contribution in [0.2, 0.25) is 0 Å². The van der Waals surface area contributed by atoms with E-state index in [9.17, 15) is 4.79 Å². The Morgan fingerprint density at radius 1 is 1.09 bits per heavy atom. The van der Waals surface area contributed by atoms with Crippen molar-refractivity contribution in [2.45, 2.75) is 32.4 Å². The van der Waals surface area contributed by atoms with E-state index in [1.165, 1.54) is 22.2 Å². The molecule has 0 fully saturated rings. The van der Waals surface area contributed by atoms with Gasteiger partial charge in [-0.25, -0.2) is 0 Å². The summed E-state index contributed by atoms with van der Waals surface area (Å²) in [6, 6.07) is 20.5. The number of hydrogen-bond acceptors (Lipinski definition) is 2. The Bertz CT molecular complexity index is 805. The molecule has 0 saturated carbocycles. The zero-order chi connectivity index (χ0) is 16.2. The first kappa shape index (κ1) is 15.5. The predicted molar refractivity (Wildman–Crippen MR) is 95.3 cm³/mol. The summed E-state index contributed by atoms with van der Waals surface area (Å²) in [4.78, 5) is 11.8. The molecule has 0 radical (unpaired) electrons. The summed E-state index contributed by atoms with van der Waals surface area (Å²) in [5, 5.41) is 1.21. The van der Waals surface area contributed by atoms with E-state index in [0.717, 1.165) is 6.54 Å². The van der Waals surface area contributed by atoms with Gasteiger partial charge >= 0.3 is 0 Å². The quantitative estimate of drug-likeness (QED) is 0.748. The van der Waals surface area contributed by atoms with Crippen molar-refractivity contribution < 1.29 is 4.79 Å². The van der Waals surface area contributed by atoms with E-state index in [1.54, 1.807) is 0 Å². The number of para-hydroxylation sites is 1. The van der Waals surface area contributed by atoms with Crippen molar-refractivity contribution in [3.63, 3.8) is 0 Å². The normalized spacial score (nSPS) is 12.4. The second-order valence-corrected chi connectivity index (χ2v) is 5.82. The third-order valence-corrected chi connectivity index (χ3v) is 4.31. The summed E-state index contributed by atoms with van der Waals surface area (Å²) in [5.41, 5.74) is 9.55. The molecule has 3 nitrogen and oxygen atoms in total. The number of Topliss-reactive ketones (excluding diaryl/α,β-unsaturated/α-hetero) is 1. The van der Waals surface area contributed by atoms with Crippen LogP contribution in [0.3, 0.4) is 0 Å². The first-order valence-corrected chi connectivity index (χ1v) is 8.12. The average Bonchev–Trinajstić information content (AvgIpc) is 2.98. The molecular formula is C20H22N2O. The minimum atomic E-state index is -0.384. The fraction of sp³-hybridized carbons (Fsp3) is 0.250. The maximum atomic E-state index is 11.8. The number of carbonyl (C=O) groups is 1. The molecule has 1 aromatic heterocycles. The minimum Gasteiger partial charge on any atom is -0.340 e. The highest BCUT2D eigenvalue weighted by molar-refractivity contribution is 5.87. The van der Waals surface area contributed by atoms with Gasteiger partial charge in [0.25, 0.3) is 0 Å². The highest BCUT2D eigenvalue weighted by Gasteiger charge is 2.14. The van der Waals surface area contributed by atoms with Crippen LogP contribution in [-0.4, -0.2) is 16.4 Å². The van der Waals surface area contributed by atoms with E-state index < -0.39 is 0 Å². The van der Waals surface area contributed by atoms with Crippen LogP contribution < -0.4 is 5.73 Å². The SMILES string of the molecule is CCC(=O)C(N)CCn1c(-c2ccccc2)cc2ccccc21. The molecule has 3 rings (SSSR count). The lowest BCUT2D eigenvalue weighted by Crippen LogP contribution is -2.31. The number of aromatic nitrogens is 1. The molecule has 3 aromatic rings. The molecule has 1 heterocycles. The van der Waals surface area contributed by atoms with E-state index in [1.807, 2.05) is 37.3 Å². The lowest BCUT2D eigenvalue weighted by atomic mass is 10.1. The third-order valence-electron chi connectivity index (χ3n) is 4.31. The number of ketones is 1. The number of nitrogens with zero attached hydrogens (tertiary/aromatic N) is 1. The Labute approximate surface area is 136 Å². The fourth-order valence-corrected chi connectivity index (χ4v) is 2.99. The summed E-state index contributed by atoms with van der Waals surface area (Å²) < 4.78 is 2.27. The number of carbonyl (C=O) groups excluding carboxylic acids is 1. The second-order valence-electron chi connectivity index (χ2n) is 5.82. The van der Waals surface area contributed by atoms with Gasteiger partial charge in [-0.05, 0) is 24.1 Å². The molecule has 0 bridgehead atoms. The Balaban J connectivity index is 1.98. The zero-order valence-corrected chi connectivity index (χ0v) is 13.4. The maximum Gasteiger partial charge on any atom is 0.149 e. The maximum absolute atomic E-state index is 11.8. The lowest BCUT2D eigenvalue weighted by Gasteiger charge is -2.14. The van der Waals surface area contributed by atoms with E-state index in [2.05, 4.69) is 34.9 Å². The molecule has 23 heavy (non-hydrogen) atoms. The van der Waals surface area contributed by atoms with E-state index in [4.69, 9.17) is 5.73 Å². The van der Waals surface area contributed by atoms with Crippen LogP contribution >= 0.6 is 0 Å². The van der Waals surface area contributed by atoms with Gasteiger partial charge in [-0.1, -0.05) is 55.5 Å². The van der Waals surface area contributed by atoms with Gasteiger partial charge in [-0.3, -0.25) is 4.79 Å². The van der Waals surface area contributed by atoms with Gasteiger partial charge in [-0.15, -0.1) is 0 Å². The van der Waals surface area contributed by atoms with Crippen LogP contribution in [0.1, 0.15) is 19.8 Å². The highest BCUT2D eigenvalue weighted by atomic mass is 16.1. The second kappa shape index (κ2) is 6.80. The largest absolute Gasteiger partial charge is 0.340 e. The van der Waals surface area contributed by atoms with Gasteiger partial charge < -0.3 is 10.3 Å². The zero-order valence-electron chi connectivity index (χ0n) is 13.4. The number of rotatable bonds is 6. The molecule has 0 spiro atoms. The summed E-state index contributed by atoms with van der Waals surface area (Å²) >= 11 is 0. The summed E-state index contributed by atoms with van der Waals surface area (Å²) in [6.07, 6.45) is 1.16. The van der Waals surface area contributed by atoms with Gasteiger partial charge in [0, 0.05) is 29.6 Å². The highest BCUT2D eigenvalue weighted by Crippen LogP contribution is 2.28. The topological polar surface area (TPSA) is 48.0 Å². The first-order chi connectivity index (χ1) is 11.2. The molecule has 0 saturated heterocycles. The van der Waals surface area contributed by atoms with Crippen molar-refractivity contribution in [2.24, 2.45) is 5.73 Å².